The van der Waals surface area contributed by atoms with Gasteiger partial charge in [-0.3, -0.25) is 4.79 Å². The van der Waals surface area contributed by atoms with E-state index in [0.717, 1.165) is 12.1 Å². The van der Waals surface area contributed by atoms with Gasteiger partial charge in [-0.25, -0.2) is 0 Å². The molecule has 156 valence electrons. The summed E-state index contributed by atoms with van der Waals surface area (Å²) in [6, 6.07) is 15.9. The molecule has 4 rings (SSSR count). The van der Waals surface area contributed by atoms with Gasteiger partial charge in [-0.15, -0.1) is 10.2 Å². The van der Waals surface area contributed by atoms with Gasteiger partial charge in [0.05, 0.1) is 23.7 Å². The number of hydrogen-bond donors (Lipinski definition) is 0. The van der Waals surface area contributed by atoms with Crippen molar-refractivity contribution in [2.24, 2.45) is 0 Å². The molecule has 0 saturated carbocycles. The van der Waals surface area contributed by atoms with Gasteiger partial charge in [-0.1, -0.05) is 41.9 Å². The Bertz CT molecular complexity index is 1050. The molecule has 2 heterocycles. The fraction of sp³-hybridized carbons (Fsp3) is 0.348. The minimum atomic E-state index is 0.00122. The molecule has 1 atom stereocenters. The quantitative estimate of drug-likeness (QED) is 0.579. The fourth-order valence-corrected chi connectivity index (χ4v) is 4.09. The normalized spacial score (nSPS) is 15.5. The molecule has 0 spiro atoms. The van der Waals surface area contributed by atoms with Crippen LogP contribution in [0.4, 0.5) is 5.69 Å². The number of carbonyl (C=O) groups excluding carboxylic acids is 1. The second kappa shape index (κ2) is 8.48. The second-order valence-electron chi connectivity index (χ2n) is 7.91. The molecule has 0 saturated heterocycles. The van der Waals surface area contributed by atoms with Crippen molar-refractivity contribution in [3.63, 3.8) is 0 Å². The van der Waals surface area contributed by atoms with Crippen LogP contribution in [0.2, 0.25) is 5.02 Å². The molecule has 2 aromatic carbocycles. The Kier molecular flexibility index (Phi) is 5.77. The SMILES string of the molecule is CC(C)N(Cc1nnc(-c2ccccc2Cl)o1)C(=O)CN1c2ccccc2C[C@@H]1C. The summed E-state index contributed by atoms with van der Waals surface area (Å²) in [5.41, 5.74) is 3.11. The average molecular weight is 425 g/mol. The molecule has 30 heavy (non-hydrogen) atoms. The van der Waals surface area contributed by atoms with Crippen molar-refractivity contribution in [1.29, 1.82) is 0 Å². The maximum absolute atomic E-state index is 13.2. The number of para-hydroxylation sites is 1. The Hall–Kier alpha value is -2.86. The summed E-state index contributed by atoms with van der Waals surface area (Å²) in [6.07, 6.45) is 0.954. The first-order chi connectivity index (χ1) is 14.4. The van der Waals surface area contributed by atoms with Crippen LogP contribution < -0.4 is 4.90 Å². The summed E-state index contributed by atoms with van der Waals surface area (Å²) in [7, 11) is 0. The van der Waals surface area contributed by atoms with Crippen LogP contribution in [-0.2, 0) is 17.8 Å². The number of nitrogens with zero attached hydrogens (tertiary/aromatic N) is 4. The summed E-state index contributed by atoms with van der Waals surface area (Å²) in [4.78, 5) is 17.2. The highest BCUT2D eigenvalue weighted by Gasteiger charge is 2.30. The van der Waals surface area contributed by atoms with E-state index < -0.39 is 0 Å². The molecule has 0 unspecified atom stereocenters. The Morgan fingerprint density at radius 2 is 1.93 bits per heavy atom. The molecule has 1 aromatic heterocycles. The summed E-state index contributed by atoms with van der Waals surface area (Å²) < 4.78 is 5.81. The van der Waals surface area contributed by atoms with E-state index in [1.807, 2.05) is 44.2 Å². The second-order valence-corrected chi connectivity index (χ2v) is 8.31. The van der Waals surface area contributed by atoms with Gasteiger partial charge in [0.1, 0.15) is 0 Å². The van der Waals surface area contributed by atoms with Crippen molar-refractivity contribution < 1.29 is 9.21 Å². The maximum atomic E-state index is 13.2. The zero-order chi connectivity index (χ0) is 21.3. The third-order valence-electron chi connectivity index (χ3n) is 5.47. The molecule has 7 heteroatoms. The van der Waals surface area contributed by atoms with Gasteiger partial charge >= 0.3 is 0 Å². The van der Waals surface area contributed by atoms with Crippen LogP contribution in [0.15, 0.2) is 52.9 Å². The zero-order valence-corrected chi connectivity index (χ0v) is 18.1. The summed E-state index contributed by atoms with van der Waals surface area (Å²) in [5, 5.41) is 8.80. The molecule has 0 fully saturated rings. The van der Waals surface area contributed by atoms with E-state index in [-0.39, 0.29) is 24.5 Å². The number of amides is 1. The highest BCUT2D eigenvalue weighted by molar-refractivity contribution is 6.33. The van der Waals surface area contributed by atoms with Gasteiger partial charge in [0, 0.05) is 17.8 Å². The number of rotatable bonds is 6. The van der Waals surface area contributed by atoms with Crippen LogP contribution in [0, 0.1) is 0 Å². The Morgan fingerprint density at radius 3 is 2.70 bits per heavy atom. The standard InChI is InChI=1S/C23H25ClN4O2/c1-15(2)27(13-21-25-26-23(30-21)18-9-5-6-10-19(18)24)22(29)14-28-16(3)12-17-8-4-7-11-20(17)28/h4-11,15-16H,12-14H2,1-3H3/t16-/m0/s1. The smallest absolute Gasteiger partial charge is 0.249 e. The molecular weight excluding hydrogens is 400 g/mol. The first-order valence-electron chi connectivity index (χ1n) is 10.2. The zero-order valence-electron chi connectivity index (χ0n) is 17.4. The lowest BCUT2D eigenvalue weighted by atomic mass is 10.1. The minimum Gasteiger partial charge on any atom is -0.419 e. The molecule has 3 aromatic rings. The Labute approximate surface area is 181 Å². The molecule has 1 aliphatic rings. The molecule has 0 N–H and O–H groups in total. The molecule has 0 bridgehead atoms. The summed E-state index contributed by atoms with van der Waals surface area (Å²) in [5.74, 6) is 0.779. The number of fused-ring (bicyclic) bond motifs is 1. The number of halogens is 1. The van der Waals surface area contributed by atoms with E-state index in [9.17, 15) is 4.79 Å². The van der Waals surface area contributed by atoms with Gasteiger partial charge in [-0.2, -0.15) is 0 Å². The van der Waals surface area contributed by atoms with E-state index in [1.165, 1.54) is 5.56 Å². The predicted molar refractivity (Wildman–Crippen MR) is 117 cm³/mol. The van der Waals surface area contributed by atoms with Gasteiger partial charge in [-0.05, 0) is 51.0 Å². The lowest BCUT2D eigenvalue weighted by Gasteiger charge is -2.30. The van der Waals surface area contributed by atoms with Crippen molar-refractivity contribution in [1.82, 2.24) is 15.1 Å². The Balaban J connectivity index is 1.50. The van der Waals surface area contributed by atoms with Crippen LogP contribution in [0.1, 0.15) is 32.2 Å². The third-order valence-corrected chi connectivity index (χ3v) is 5.80. The van der Waals surface area contributed by atoms with Crippen LogP contribution in [0.3, 0.4) is 0 Å². The number of carbonyl (C=O) groups is 1. The van der Waals surface area contributed by atoms with Crippen LogP contribution in [-0.4, -0.2) is 39.6 Å². The molecule has 0 aliphatic carbocycles. The molecular formula is C23H25ClN4O2. The largest absolute Gasteiger partial charge is 0.419 e. The Morgan fingerprint density at radius 1 is 1.20 bits per heavy atom. The highest BCUT2D eigenvalue weighted by Crippen LogP contribution is 2.32. The summed E-state index contributed by atoms with van der Waals surface area (Å²) >= 11 is 6.23. The molecule has 1 amide bonds. The number of hydrogen-bond acceptors (Lipinski definition) is 5. The summed E-state index contributed by atoms with van der Waals surface area (Å²) in [6.45, 7) is 6.72. The van der Waals surface area contributed by atoms with E-state index in [0.29, 0.717) is 28.9 Å². The molecule has 0 radical (unpaired) electrons. The third kappa shape index (κ3) is 4.05. The van der Waals surface area contributed by atoms with Crippen LogP contribution in [0.25, 0.3) is 11.5 Å². The van der Waals surface area contributed by atoms with Gasteiger partial charge in [0.2, 0.25) is 17.7 Å². The van der Waals surface area contributed by atoms with Crippen molar-refractivity contribution >= 4 is 23.2 Å². The predicted octanol–water partition coefficient (Wildman–Crippen LogP) is 4.58. The fourth-order valence-electron chi connectivity index (χ4n) is 3.87. The van der Waals surface area contributed by atoms with E-state index in [4.69, 9.17) is 16.0 Å². The first kappa shape index (κ1) is 20.4. The molecule has 1 aliphatic heterocycles. The average Bonchev–Trinajstić information content (AvgIpc) is 3.31. The monoisotopic (exact) mass is 424 g/mol. The van der Waals surface area contributed by atoms with Crippen molar-refractivity contribution in [2.75, 3.05) is 11.4 Å². The lowest BCUT2D eigenvalue weighted by molar-refractivity contribution is -0.132. The van der Waals surface area contributed by atoms with Crippen molar-refractivity contribution in [2.45, 2.75) is 45.8 Å². The van der Waals surface area contributed by atoms with Crippen molar-refractivity contribution in [3.8, 4) is 11.5 Å². The van der Waals surface area contributed by atoms with Crippen LogP contribution >= 0.6 is 11.6 Å². The number of benzene rings is 2. The maximum Gasteiger partial charge on any atom is 0.249 e. The minimum absolute atomic E-state index is 0.00122. The van der Waals surface area contributed by atoms with Gasteiger partial charge in [0.25, 0.3) is 0 Å². The first-order valence-corrected chi connectivity index (χ1v) is 10.5. The lowest BCUT2D eigenvalue weighted by Crippen LogP contribution is -2.45. The van der Waals surface area contributed by atoms with E-state index >= 15 is 0 Å². The van der Waals surface area contributed by atoms with E-state index in [2.05, 4.69) is 34.2 Å². The number of anilines is 1. The topological polar surface area (TPSA) is 62.5 Å². The van der Waals surface area contributed by atoms with Crippen molar-refractivity contribution in [3.05, 3.63) is 65.0 Å². The molecule has 6 nitrogen and oxygen atoms in total. The van der Waals surface area contributed by atoms with Crippen LogP contribution in [0.5, 0.6) is 0 Å². The van der Waals surface area contributed by atoms with Gasteiger partial charge < -0.3 is 14.2 Å². The van der Waals surface area contributed by atoms with Gasteiger partial charge in [0.15, 0.2) is 0 Å². The number of aromatic nitrogens is 2. The van der Waals surface area contributed by atoms with E-state index in [1.54, 1.807) is 11.0 Å². The highest BCUT2D eigenvalue weighted by atomic mass is 35.5.